The number of para-hydroxylation sites is 1. The maximum Gasteiger partial charge on any atom is 0.134 e. The van der Waals surface area contributed by atoms with Crippen LogP contribution in [0.1, 0.15) is 24.7 Å². The van der Waals surface area contributed by atoms with E-state index in [9.17, 15) is 0 Å². The number of hydrogen-bond acceptors (Lipinski definition) is 4. The summed E-state index contributed by atoms with van der Waals surface area (Å²) in [5, 5.41) is 1.19. The Bertz CT molecular complexity index is 608. The van der Waals surface area contributed by atoms with Crippen LogP contribution in [-0.2, 0) is 17.8 Å². The molecule has 0 bridgehead atoms. The Kier molecular flexibility index (Phi) is 4.29. The predicted octanol–water partition coefficient (Wildman–Crippen LogP) is 2.75. The van der Waals surface area contributed by atoms with E-state index in [0.29, 0.717) is 18.6 Å². The summed E-state index contributed by atoms with van der Waals surface area (Å²) in [6.45, 7) is 5.67. The van der Waals surface area contributed by atoms with Crippen LogP contribution in [0.25, 0.3) is 11.0 Å². The van der Waals surface area contributed by atoms with Crippen molar-refractivity contribution in [1.29, 1.82) is 0 Å². The van der Waals surface area contributed by atoms with Gasteiger partial charge in [-0.2, -0.15) is 0 Å². The highest BCUT2D eigenvalue weighted by atomic mass is 16.5. The van der Waals surface area contributed by atoms with Gasteiger partial charge in [-0.25, -0.2) is 0 Å². The van der Waals surface area contributed by atoms with E-state index < -0.39 is 0 Å². The average Bonchev–Trinajstić information content (AvgIpc) is 2.87. The Balaban J connectivity index is 1.84. The first-order valence-electron chi connectivity index (χ1n) is 7.67. The molecule has 4 heteroatoms. The molecule has 0 aliphatic carbocycles. The second-order valence-electron chi connectivity index (χ2n) is 5.98. The third-order valence-corrected chi connectivity index (χ3v) is 4.63. The number of furan rings is 1. The van der Waals surface area contributed by atoms with Crippen molar-refractivity contribution < 1.29 is 9.15 Å². The van der Waals surface area contributed by atoms with Crippen molar-refractivity contribution >= 4 is 11.0 Å². The van der Waals surface area contributed by atoms with Crippen LogP contribution in [0.5, 0.6) is 0 Å². The molecule has 1 aromatic heterocycles. The monoisotopic (exact) mass is 288 g/mol. The van der Waals surface area contributed by atoms with Crippen molar-refractivity contribution in [3.05, 3.63) is 35.6 Å². The molecule has 0 saturated carbocycles. The Morgan fingerprint density at radius 1 is 1.38 bits per heavy atom. The summed E-state index contributed by atoms with van der Waals surface area (Å²) in [5.74, 6) is 1.53. The molecule has 114 valence electrons. The SMILES string of the molecule is COC1CN(Cc2c(CN)oc3ccccc23)CCC1C. The first-order valence-corrected chi connectivity index (χ1v) is 7.67. The van der Waals surface area contributed by atoms with Crippen molar-refractivity contribution in [2.75, 3.05) is 20.2 Å². The summed E-state index contributed by atoms with van der Waals surface area (Å²) < 4.78 is 11.5. The standard InChI is InChI=1S/C17H24N2O2/c1-12-7-8-19(11-17(12)20-2)10-14-13-5-3-4-6-15(13)21-16(14)9-18/h3-6,12,17H,7-11,18H2,1-2H3. The molecule has 2 heterocycles. The highest BCUT2D eigenvalue weighted by molar-refractivity contribution is 5.82. The van der Waals surface area contributed by atoms with Crippen molar-refractivity contribution in [3.63, 3.8) is 0 Å². The number of piperidine rings is 1. The van der Waals surface area contributed by atoms with Gasteiger partial charge in [0.25, 0.3) is 0 Å². The van der Waals surface area contributed by atoms with E-state index in [1.165, 1.54) is 17.4 Å². The van der Waals surface area contributed by atoms with E-state index in [-0.39, 0.29) is 0 Å². The van der Waals surface area contributed by atoms with Gasteiger partial charge in [-0.1, -0.05) is 25.1 Å². The number of hydrogen-bond donors (Lipinski definition) is 1. The minimum absolute atomic E-state index is 0.318. The Hall–Kier alpha value is -1.36. The Morgan fingerprint density at radius 2 is 2.19 bits per heavy atom. The van der Waals surface area contributed by atoms with Gasteiger partial charge in [0.1, 0.15) is 11.3 Å². The van der Waals surface area contributed by atoms with E-state index in [1.54, 1.807) is 0 Å². The average molecular weight is 288 g/mol. The summed E-state index contributed by atoms with van der Waals surface area (Å²) in [6, 6.07) is 8.18. The van der Waals surface area contributed by atoms with Gasteiger partial charge in [0.15, 0.2) is 0 Å². The smallest absolute Gasteiger partial charge is 0.134 e. The zero-order chi connectivity index (χ0) is 14.8. The van der Waals surface area contributed by atoms with Gasteiger partial charge < -0.3 is 14.9 Å². The molecule has 2 unspecified atom stereocenters. The second kappa shape index (κ2) is 6.18. The van der Waals surface area contributed by atoms with Crippen LogP contribution in [0.15, 0.2) is 28.7 Å². The fourth-order valence-corrected chi connectivity index (χ4v) is 3.26. The zero-order valence-corrected chi connectivity index (χ0v) is 12.8. The molecule has 1 aromatic carbocycles. The number of nitrogens with two attached hydrogens (primary N) is 1. The van der Waals surface area contributed by atoms with Crippen LogP contribution in [-0.4, -0.2) is 31.2 Å². The number of rotatable bonds is 4. The van der Waals surface area contributed by atoms with Crippen LogP contribution in [0.4, 0.5) is 0 Å². The van der Waals surface area contributed by atoms with Gasteiger partial charge in [0.2, 0.25) is 0 Å². The van der Waals surface area contributed by atoms with Gasteiger partial charge in [-0.05, 0) is 24.9 Å². The number of fused-ring (bicyclic) bond motifs is 1. The number of ether oxygens (including phenoxy) is 1. The quantitative estimate of drug-likeness (QED) is 0.940. The van der Waals surface area contributed by atoms with Gasteiger partial charge in [0.05, 0.1) is 12.6 Å². The van der Waals surface area contributed by atoms with E-state index in [4.69, 9.17) is 14.9 Å². The molecule has 0 spiro atoms. The van der Waals surface area contributed by atoms with Gasteiger partial charge in [-0.15, -0.1) is 0 Å². The molecular weight excluding hydrogens is 264 g/mol. The lowest BCUT2D eigenvalue weighted by atomic mass is 9.95. The normalized spacial score (nSPS) is 23.8. The number of nitrogens with zero attached hydrogens (tertiary/aromatic N) is 1. The maximum atomic E-state index is 5.88. The highest BCUT2D eigenvalue weighted by Crippen LogP contribution is 2.28. The van der Waals surface area contributed by atoms with E-state index >= 15 is 0 Å². The summed E-state index contributed by atoms with van der Waals surface area (Å²) in [5.41, 5.74) is 8.02. The molecule has 2 N–H and O–H groups in total. The summed E-state index contributed by atoms with van der Waals surface area (Å²) in [7, 11) is 1.81. The second-order valence-corrected chi connectivity index (χ2v) is 5.98. The highest BCUT2D eigenvalue weighted by Gasteiger charge is 2.27. The largest absolute Gasteiger partial charge is 0.459 e. The molecule has 1 saturated heterocycles. The molecule has 0 radical (unpaired) electrons. The molecule has 3 rings (SSSR count). The van der Waals surface area contributed by atoms with Gasteiger partial charge >= 0.3 is 0 Å². The lowest BCUT2D eigenvalue weighted by Gasteiger charge is -2.36. The lowest BCUT2D eigenvalue weighted by Crippen LogP contribution is -2.43. The van der Waals surface area contributed by atoms with Crippen LogP contribution in [0.3, 0.4) is 0 Å². The number of likely N-dealkylation sites (tertiary alicyclic amines) is 1. The van der Waals surface area contributed by atoms with Crippen molar-refractivity contribution in [2.24, 2.45) is 11.7 Å². The molecule has 1 aliphatic rings. The van der Waals surface area contributed by atoms with Crippen LogP contribution < -0.4 is 5.73 Å². The van der Waals surface area contributed by atoms with Gasteiger partial charge in [0, 0.05) is 31.1 Å². The fourth-order valence-electron chi connectivity index (χ4n) is 3.26. The number of methoxy groups -OCH3 is 1. The van der Waals surface area contributed by atoms with E-state index in [0.717, 1.165) is 31.0 Å². The molecule has 2 atom stereocenters. The summed E-state index contributed by atoms with van der Waals surface area (Å²) >= 11 is 0. The van der Waals surface area contributed by atoms with Crippen LogP contribution >= 0.6 is 0 Å². The molecular formula is C17H24N2O2. The van der Waals surface area contributed by atoms with Crippen molar-refractivity contribution in [3.8, 4) is 0 Å². The topological polar surface area (TPSA) is 51.6 Å². The molecule has 1 aliphatic heterocycles. The van der Waals surface area contributed by atoms with Crippen molar-refractivity contribution in [2.45, 2.75) is 32.5 Å². The van der Waals surface area contributed by atoms with Crippen molar-refractivity contribution in [1.82, 2.24) is 4.90 Å². The van der Waals surface area contributed by atoms with Gasteiger partial charge in [-0.3, -0.25) is 4.90 Å². The first kappa shape index (κ1) is 14.6. The van der Waals surface area contributed by atoms with E-state index in [1.807, 2.05) is 19.2 Å². The summed E-state index contributed by atoms with van der Waals surface area (Å²) in [6.07, 6.45) is 1.49. The Morgan fingerprint density at radius 3 is 2.95 bits per heavy atom. The molecule has 2 aromatic rings. The van der Waals surface area contributed by atoms with E-state index in [2.05, 4.69) is 24.0 Å². The minimum atomic E-state index is 0.318. The fraction of sp³-hybridized carbons (Fsp3) is 0.529. The molecule has 1 fully saturated rings. The predicted molar refractivity (Wildman–Crippen MR) is 84.0 cm³/mol. The maximum absolute atomic E-state index is 5.88. The summed E-state index contributed by atoms with van der Waals surface area (Å²) in [4.78, 5) is 2.45. The molecule has 21 heavy (non-hydrogen) atoms. The molecule has 0 amide bonds. The third kappa shape index (κ3) is 2.84. The Labute approximate surface area is 125 Å². The molecule has 4 nitrogen and oxygen atoms in total. The first-order chi connectivity index (χ1) is 10.2. The lowest BCUT2D eigenvalue weighted by molar-refractivity contribution is -0.00748. The minimum Gasteiger partial charge on any atom is -0.459 e. The zero-order valence-electron chi connectivity index (χ0n) is 12.8. The van der Waals surface area contributed by atoms with Crippen LogP contribution in [0.2, 0.25) is 0 Å². The number of benzene rings is 1. The van der Waals surface area contributed by atoms with Crippen LogP contribution in [0, 0.1) is 5.92 Å². The third-order valence-electron chi connectivity index (χ3n) is 4.63.